The number of amides is 1. The zero-order valence-electron chi connectivity index (χ0n) is 6.00. The predicted molar refractivity (Wildman–Crippen MR) is 36.4 cm³/mol. The van der Waals surface area contributed by atoms with Gasteiger partial charge in [-0.3, -0.25) is 4.79 Å². The van der Waals surface area contributed by atoms with Crippen LogP contribution >= 0.6 is 0 Å². The summed E-state index contributed by atoms with van der Waals surface area (Å²) in [5.41, 5.74) is 0. The van der Waals surface area contributed by atoms with E-state index in [1.54, 1.807) is 6.92 Å². The van der Waals surface area contributed by atoms with E-state index in [1.165, 1.54) is 0 Å². The highest BCUT2D eigenvalue weighted by Crippen LogP contribution is 1.78. The molecule has 1 amide bonds. The number of carbonyl (C=O) groups is 1. The third-order valence-electron chi connectivity index (χ3n) is 0.934. The van der Waals surface area contributed by atoms with Gasteiger partial charge in [-0.1, -0.05) is 0 Å². The minimum absolute atomic E-state index is 0.104. The van der Waals surface area contributed by atoms with Gasteiger partial charge in [0.05, 0.1) is 12.7 Å². The van der Waals surface area contributed by atoms with Crippen molar-refractivity contribution in [3.8, 4) is 0 Å². The second kappa shape index (κ2) is 5.20. The van der Waals surface area contributed by atoms with Crippen LogP contribution in [0.5, 0.6) is 0 Å². The minimum atomic E-state index is -0.525. The van der Waals surface area contributed by atoms with E-state index in [0.717, 1.165) is 0 Å². The van der Waals surface area contributed by atoms with Gasteiger partial charge in [0.15, 0.2) is 0 Å². The van der Waals surface area contributed by atoms with Crippen LogP contribution in [0.2, 0.25) is 0 Å². The first-order chi connectivity index (χ1) is 4.66. The fourth-order valence-corrected chi connectivity index (χ4v) is 0.451. The topological polar surface area (TPSA) is 69.6 Å². The van der Waals surface area contributed by atoms with Gasteiger partial charge in [-0.15, -0.1) is 0 Å². The SMILES string of the molecule is CC(O)CNC(=O)CCO. The van der Waals surface area contributed by atoms with Crippen LogP contribution in [0.1, 0.15) is 13.3 Å². The molecule has 0 aliphatic heterocycles. The highest BCUT2D eigenvalue weighted by atomic mass is 16.3. The van der Waals surface area contributed by atoms with Gasteiger partial charge >= 0.3 is 0 Å². The molecule has 0 radical (unpaired) electrons. The number of hydrogen-bond donors (Lipinski definition) is 3. The van der Waals surface area contributed by atoms with Gasteiger partial charge in [-0.25, -0.2) is 0 Å². The Hall–Kier alpha value is -0.610. The van der Waals surface area contributed by atoms with E-state index in [-0.39, 0.29) is 25.5 Å². The molecule has 0 aromatic heterocycles. The quantitative estimate of drug-likeness (QED) is 0.471. The molecule has 4 nitrogen and oxygen atoms in total. The van der Waals surface area contributed by atoms with Crippen molar-refractivity contribution in [2.75, 3.05) is 13.2 Å². The van der Waals surface area contributed by atoms with E-state index >= 15 is 0 Å². The van der Waals surface area contributed by atoms with Crippen molar-refractivity contribution in [2.24, 2.45) is 0 Å². The van der Waals surface area contributed by atoms with E-state index in [0.29, 0.717) is 0 Å². The Labute approximate surface area is 59.9 Å². The molecule has 10 heavy (non-hydrogen) atoms. The van der Waals surface area contributed by atoms with Gasteiger partial charge in [0.2, 0.25) is 5.91 Å². The Balaban J connectivity index is 3.22. The maximum absolute atomic E-state index is 10.6. The summed E-state index contributed by atoms with van der Waals surface area (Å²) in [7, 11) is 0. The average molecular weight is 147 g/mol. The first kappa shape index (κ1) is 9.39. The summed E-state index contributed by atoms with van der Waals surface area (Å²) in [4.78, 5) is 10.6. The summed E-state index contributed by atoms with van der Waals surface area (Å²) < 4.78 is 0. The third-order valence-corrected chi connectivity index (χ3v) is 0.934. The van der Waals surface area contributed by atoms with Crippen LogP contribution in [0, 0.1) is 0 Å². The van der Waals surface area contributed by atoms with Crippen molar-refractivity contribution in [2.45, 2.75) is 19.4 Å². The van der Waals surface area contributed by atoms with Crippen LogP contribution < -0.4 is 5.32 Å². The molecule has 0 bridgehead atoms. The smallest absolute Gasteiger partial charge is 0.222 e. The van der Waals surface area contributed by atoms with Gasteiger partial charge in [0.1, 0.15) is 0 Å². The minimum Gasteiger partial charge on any atom is -0.396 e. The Morgan fingerprint density at radius 1 is 1.70 bits per heavy atom. The molecule has 0 rings (SSSR count). The van der Waals surface area contributed by atoms with Crippen LogP contribution in [-0.4, -0.2) is 35.4 Å². The van der Waals surface area contributed by atoms with Crippen molar-refractivity contribution in [3.05, 3.63) is 0 Å². The Bertz CT molecular complexity index is 103. The molecular weight excluding hydrogens is 134 g/mol. The molecule has 0 fully saturated rings. The number of rotatable bonds is 4. The van der Waals surface area contributed by atoms with Gasteiger partial charge in [0, 0.05) is 13.0 Å². The number of aliphatic hydroxyl groups is 2. The number of nitrogens with one attached hydrogen (secondary N) is 1. The highest BCUT2D eigenvalue weighted by molar-refractivity contribution is 5.75. The lowest BCUT2D eigenvalue weighted by molar-refractivity contribution is -0.122. The van der Waals surface area contributed by atoms with E-state index < -0.39 is 6.10 Å². The third kappa shape index (κ3) is 5.53. The molecule has 0 aliphatic carbocycles. The van der Waals surface area contributed by atoms with Crippen molar-refractivity contribution >= 4 is 5.91 Å². The van der Waals surface area contributed by atoms with Crippen molar-refractivity contribution < 1.29 is 15.0 Å². The maximum Gasteiger partial charge on any atom is 0.222 e. The van der Waals surface area contributed by atoms with Gasteiger partial charge in [-0.2, -0.15) is 0 Å². The lowest BCUT2D eigenvalue weighted by Crippen LogP contribution is -2.30. The van der Waals surface area contributed by atoms with E-state index in [9.17, 15) is 4.79 Å². The van der Waals surface area contributed by atoms with Gasteiger partial charge in [-0.05, 0) is 6.92 Å². The number of aliphatic hydroxyl groups excluding tert-OH is 2. The molecule has 0 aliphatic rings. The van der Waals surface area contributed by atoms with E-state index in [1.807, 2.05) is 0 Å². The normalized spacial score (nSPS) is 12.7. The monoisotopic (exact) mass is 147 g/mol. The summed E-state index contributed by atoms with van der Waals surface area (Å²) in [5.74, 6) is -0.233. The molecule has 60 valence electrons. The standard InChI is InChI=1S/C6H13NO3/c1-5(9)4-7-6(10)2-3-8/h5,8-9H,2-4H2,1H3,(H,7,10). The zero-order chi connectivity index (χ0) is 7.98. The van der Waals surface area contributed by atoms with Crippen LogP contribution in [0.3, 0.4) is 0 Å². The summed E-state index contributed by atoms with van der Waals surface area (Å²) in [5, 5.41) is 19.4. The van der Waals surface area contributed by atoms with Crippen LogP contribution in [-0.2, 0) is 4.79 Å². The molecule has 3 N–H and O–H groups in total. The summed E-state index contributed by atoms with van der Waals surface area (Å²) >= 11 is 0. The second-order valence-corrected chi connectivity index (χ2v) is 2.13. The largest absolute Gasteiger partial charge is 0.396 e. The molecule has 0 saturated carbocycles. The molecule has 4 heteroatoms. The Morgan fingerprint density at radius 3 is 2.70 bits per heavy atom. The lowest BCUT2D eigenvalue weighted by Gasteiger charge is -2.04. The lowest BCUT2D eigenvalue weighted by atomic mass is 10.3. The zero-order valence-corrected chi connectivity index (χ0v) is 6.00. The molecule has 0 saturated heterocycles. The first-order valence-electron chi connectivity index (χ1n) is 3.22. The van der Waals surface area contributed by atoms with Crippen molar-refractivity contribution in [1.29, 1.82) is 0 Å². The van der Waals surface area contributed by atoms with Gasteiger partial charge < -0.3 is 15.5 Å². The fraction of sp³-hybridized carbons (Fsp3) is 0.833. The summed E-state index contributed by atoms with van der Waals surface area (Å²) in [6, 6.07) is 0. The highest BCUT2D eigenvalue weighted by Gasteiger charge is 2.00. The molecule has 0 aromatic rings. The van der Waals surface area contributed by atoms with E-state index in [4.69, 9.17) is 10.2 Å². The number of hydrogen-bond acceptors (Lipinski definition) is 3. The predicted octanol–water partition coefficient (Wildman–Crippen LogP) is -1.13. The van der Waals surface area contributed by atoms with Crippen molar-refractivity contribution in [1.82, 2.24) is 5.32 Å². The Kier molecular flexibility index (Phi) is 4.88. The molecule has 0 spiro atoms. The number of carbonyl (C=O) groups excluding carboxylic acids is 1. The van der Waals surface area contributed by atoms with Gasteiger partial charge in [0.25, 0.3) is 0 Å². The fourth-order valence-electron chi connectivity index (χ4n) is 0.451. The Morgan fingerprint density at radius 2 is 2.30 bits per heavy atom. The molecule has 1 unspecified atom stereocenters. The molecular formula is C6H13NO3. The first-order valence-corrected chi connectivity index (χ1v) is 3.22. The average Bonchev–Trinajstić information content (AvgIpc) is 1.85. The van der Waals surface area contributed by atoms with Crippen LogP contribution in [0.4, 0.5) is 0 Å². The summed E-state index contributed by atoms with van der Waals surface area (Å²) in [6.45, 7) is 1.68. The molecule has 0 aromatic carbocycles. The van der Waals surface area contributed by atoms with E-state index in [2.05, 4.69) is 5.32 Å². The maximum atomic E-state index is 10.6. The summed E-state index contributed by atoms with van der Waals surface area (Å²) in [6.07, 6.45) is -0.421. The van der Waals surface area contributed by atoms with Crippen LogP contribution in [0.25, 0.3) is 0 Å². The van der Waals surface area contributed by atoms with Crippen molar-refractivity contribution in [3.63, 3.8) is 0 Å². The molecule has 0 heterocycles. The molecule has 1 atom stereocenters. The van der Waals surface area contributed by atoms with Crippen LogP contribution in [0.15, 0.2) is 0 Å². The second-order valence-electron chi connectivity index (χ2n) is 2.13.